The highest BCUT2D eigenvalue weighted by atomic mass is 16.2. The number of rotatable bonds is 3. The van der Waals surface area contributed by atoms with Gasteiger partial charge >= 0.3 is 6.03 Å². The minimum absolute atomic E-state index is 0.00990. The number of carbonyl (C=O) groups is 2. The first-order chi connectivity index (χ1) is 8.72. The van der Waals surface area contributed by atoms with Crippen molar-refractivity contribution in [2.75, 3.05) is 13.1 Å². The molecule has 1 atom stereocenters. The Bertz CT molecular complexity index is 318. The fourth-order valence-electron chi connectivity index (χ4n) is 2.42. The van der Waals surface area contributed by atoms with Crippen molar-refractivity contribution in [3.63, 3.8) is 0 Å². The Balaban J connectivity index is 1.50. The zero-order valence-electron chi connectivity index (χ0n) is 10.7. The molecule has 3 amide bonds. The van der Waals surface area contributed by atoms with Gasteiger partial charge in [-0.15, -0.1) is 0 Å². The number of carbonyl (C=O) groups excluding carboxylic acids is 2. The summed E-state index contributed by atoms with van der Waals surface area (Å²) in [4.78, 5) is 25.7. The number of nitrogens with zero attached hydrogens (tertiary/aromatic N) is 1. The van der Waals surface area contributed by atoms with Crippen LogP contribution < -0.4 is 10.6 Å². The smallest absolute Gasteiger partial charge is 0.317 e. The van der Waals surface area contributed by atoms with Gasteiger partial charge in [0.15, 0.2) is 0 Å². The molecule has 2 aliphatic carbocycles. The molecule has 3 rings (SSSR count). The lowest BCUT2D eigenvalue weighted by Crippen LogP contribution is -2.49. The van der Waals surface area contributed by atoms with E-state index < -0.39 is 0 Å². The zero-order chi connectivity index (χ0) is 12.5. The highest BCUT2D eigenvalue weighted by Crippen LogP contribution is 2.23. The molecule has 0 aromatic rings. The van der Waals surface area contributed by atoms with Crippen LogP contribution in [0.4, 0.5) is 4.79 Å². The van der Waals surface area contributed by atoms with E-state index in [4.69, 9.17) is 0 Å². The van der Waals surface area contributed by atoms with Gasteiger partial charge in [0.1, 0.15) is 0 Å². The molecule has 2 N–H and O–H groups in total. The van der Waals surface area contributed by atoms with Crippen molar-refractivity contribution in [2.45, 2.75) is 50.6 Å². The van der Waals surface area contributed by atoms with Gasteiger partial charge in [-0.3, -0.25) is 4.79 Å². The van der Waals surface area contributed by atoms with Crippen LogP contribution in [0.15, 0.2) is 0 Å². The Hall–Kier alpha value is -1.26. The van der Waals surface area contributed by atoms with Gasteiger partial charge < -0.3 is 15.5 Å². The summed E-state index contributed by atoms with van der Waals surface area (Å²) in [7, 11) is 0. The Morgan fingerprint density at radius 1 is 0.944 bits per heavy atom. The average molecular weight is 251 g/mol. The topological polar surface area (TPSA) is 61.4 Å². The van der Waals surface area contributed by atoms with Crippen molar-refractivity contribution >= 4 is 11.9 Å². The van der Waals surface area contributed by atoms with Crippen molar-refractivity contribution in [1.29, 1.82) is 0 Å². The van der Waals surface area contributed by atoms with Crippen molar-refractivity contribution in [3.05, 3.63) is 0 Å². The van der Waals surface area contributed by atoms with Gasteiger partial charge in [-0.2, -0.15) is 0 Å². The Kier molecular flexibility index (Phi) is 3.14. The van der Waals surface area contributed by atoms with Crippen LogP contribution in [-0.2, 0) is 4.79 Å². The lowest BCUT2D eigenvalue weighted by atomic mass is 9.97. The van der Waals surface area contributed by atoms with Gasteiger partial charge in [-0.1, -0.05) is 0 Å². The fourth-order valence-corrected chi connectivity index (χ4v) is 2.42. The van der Waals surface area contributed by atoms with E-state index >= 15 is 0 Å². The zero-order valence-corrected chi connectivity index (χ0v) is 10.7. The van der Waals surface area contributed by atoms with Crippen LogP contribution in [0.5, 0.6) is 0 Å². The van der Waals surface area contributed by atoms with E-state index in [2.05, 4.69) is 10.6 Å². The molecule has 18 heavy (non-hydrogen) atoms. The molecule has 5 heteroatoms. The first kappa shape index (κ1) is 11.8. The van der Waals surface area contributed by atoms with E-state index in [1.54, 1.807) is 4.90 Å². The minimum atomic E-state index is -0.00990. The average Bonchev–Trinajstić information content (AvgIpc) is 3.25. The molecule has 1 aliphatic heterocycles. The first-order valence-corrected chi connectivity index (χ1v) is 7.08. The summed E-state index contributed by atoms with van der Waals surface area (Å²) in [5.74, 6) is 0.130. The molecule has 1 unspecified atom stereocenters. The van der Waals surface area contributed by atoms with Crippen LogP contribution in [0.3, 0.4) is 0 Å². The summed E-state index contributed by atoms with van der Waals surface area (Å²) in [5.41, 5.74) is 0. The second kappa shape index (κ2) is 4.78. The van der Waals surface area contributed by atoms with E-state index in [9.17, 15) is 9.59 Å². The standard InChI is InChI=1S/C13H21N3O2/c17-12(14-10-3-4-10)9-2-1-7-16(8-9)13(18)15-11-5-6-11/h9-11H,1-8H2,(H,14,17)(H,15,18). The number of piperidine rings is 1. The lowest BCUT2D eigenvalue weighted by Gasteiger charge is -2.32. The van der Waals surface area contributed by atoms with Crippen LogP contribution in [0.25, 0.3) is 0 Å². The first-order valence-electron chi connectivity index (χ1n) is 7.08. The molecular weight excluding hydrogens is 230 g/mol. The molecule has 3 aliphatic rings. The third-order valence-corrected chi connectivity index (χ3v) is 3.91. The van der Waals surface area contributed by atoms with Gasteiger partial charge in [-0.25, -0.2) is 4.79 Å². The third-order valence-electron chi connectivity index (χ3n) is 3.91. The molecule has 0 aromatic carbocycles. The molecule has 0 aromatic heterocycles. The maximum absolute atomic E-state index is 12.0. The van der Waals surface area contributed by atoms with Crippen molar-refractivity contribution < 1.29 is 9.59 Å². The number of nitrogens with one attached hydrogen (secondary N) is 2. The molecule has 0 spiro atoms. The van der Waals surface area contributed by atoms with Crippen LogP contribution in [0.2, 0.25) is 0 Å². The molecule has 3 fully saturated rings. The van der Waals surface area contributed by atoms with Crippen LogP contribution >= 0.6 is 0 Å². The van der Waals surface area contributed by atoms with Crippen LogP contribution in [0.1, 0.15) is 38.5 Å². The maximum atomic E-state index is 12.0. The number of hydrogen-bond acceptors (Lipinski definition) is 2. The summed E-state index contributed by atoms with van der Waals surface area (Å²) in [5, 5.41) is 6.03. The number of hydrogen-bond donors (Lipinski definition) is 2. The highest BCUT2D eigenvalue weighted by Gasteiger charge is 2.33. The van der Waals surface area contributed by atoms with Crippen molar-refractivity contribution in [3.8, 4) is 0 Å². The summed E-state index contributed by atoms with van der Waals surface area (Å²) in [6.45, 7) is 1.36. The normalized spacial score (nSPS) is 27.8. The van der Waals surface area contributed by atoms with Gasteiger partial charge in [-0.05, 0) is 38.5 Å². The maximum Gasteiger partial charge on any atom is 0.317 e. The van der Waals surface area contributed by atoms with E-state index in [1.165, 1.54) is 0 Å². The quantitative estimate of drug-likeness (QED) is 0.781. The molecular formula is C13H21N3O2. The molecule has 1 heterocycles. The van der Waals surface area contributed by atoms with Gasteiger partial charge in [0.05, 0.1) is 5.92 Å². The molecule has 1 saturated heterocycles. The number of amides is 3. The van der Waals surface area contributed by atoms with Crippen LogP contribution in [-0.4, -0.2) is 42.0 Å². The molecule has 0 radical (unpaired) electrons. The predicted molar refractivity (Wildman–Crippen MR) is 67.0 cm³/mol. The van der Waals surface area contributed by atoms with Gasteiger partial charge in [0.25, 0.3) is 0 Å². The van der Waals surface area contributed by atoms with E-state index in [0.29, 0.717) is 18.6 Å². The Morgan fingerprint density at radius 2 is 1.61 bits per heavy atom. The summed E-state index contributed by atoms with van der Waals surface area (Å²) >= 11 is 0. The highest BCUT2D eigenvalue weighted by molar-refractivity contribution is 5.81. The second-order valence-electron chi connectivity index (χ2n) is 5.79. The Labute approximate surface area is 107 Å². The minimum Gasteiger partial charge on any atom is -0.353 e. The van der Waals surface area contributed by atoms with Crippen molar-refractivity contribution in [1.82, 2.24) is 15.5 Å². The second-order valence-corrected chi connectivity index (χ2v) is 5.79. The predicted octanol–water partition coefficient (Wildman–Crippen LogP) is 0.849. The van der Waals surface area contributed by atoms with Crippen molar-refractivity contribution in [2.24, 2.45) is 5.92 Å². The van der Waals surface area contributed by atoms with Crippen LogP contribution in [0, 0.1) is 5.92 Å². The fraction of sp³-hybridized carbons (Fsp3) is 0.846. The van der Waals surface area contributed by atoms with E-state index in [-0.39, 0.29) is 17.9 Å². The van der Waals surface area contributed by atoms with E-state index in [0.717, 1.165) is 45.1 Å². The molecule has 5 nitrogen and oxygen atoms in total. The monoisotopic (exact) mass is 251 g/mol. The molecule has 2 saturated carbocycles. The SMILES string of the molecule is O=C(NC1CC1)C1CCCN(C(=O)NC2CC2)C1. The summed E-state index contributed by atoms with van der Waals surface area (Å²) in [6, 6.07) is 0.813. The largest absolute Gasteiger partial charge is 0.353 e. The third kappa shape index (κ3) is 2.94. The number of urea groups is 1. The van der Waals surface area contributed by atoms with E-state index in [1.807, 2.05) is 0 Å². The molecule has 0 bridgehead atoms. The lowest BCUT2D eigenvalue weighted by molar-refractivity contribution is -0.126. The molecule has 100 valence electrons. The number of likely N-dealkylation sites (tertiary alicyclic amines) is 1. The summed E-state index contributed by atoms with van der Waals surface area (Å²) in [6.07, 6.45) is 6.28. The Morgan fingerprint density at radius 3 is 2.28 bits per heavy atom. The van der Waals surface area contributed by atoms with Gasteiger partial charge in [0.2, 0.25) is 5.91 Å². The summed E-state index contributed by atoms with van der Waals surface area (Å²) < 4.78 is 0. The van der Waals surface area contributed by atoms with Gasteiger partial charge in [0, 0.05) is 25.2 Å².